The van der Waals surface area contributed by atoms with Crippen molar-refractivity contribution in [2.24, 2.45) is 0 Å². The van der Waals surface area contributed by atoms with Crippen LogP contribution in [0.2, 0.25) is 0 Å². The number of benzene rings is 1. The average Bonchev–Trinajstić information content (AvgIpc) is 3.28. The lowest BCUT2D eigenvalue weighted by Gasteiger charge is -2.14. The molecule has 0 unspecified atom stereocenters. The molecular formula is C26H24N6O2. The first-order chi connectivity index (χ1) is 16.6. The summed E-state index contributed by atoms with van der Waals surface area (Å²) in [6.45, 7) is 3.10. The molecule has 0 aliphatic heterocycles. The topological polar surface area (TPSA) is 92.8 Å². The smallest absolute Gasteiger partial charge is 0.270 e. The second-order valence-electron chi connectivity index (χ2n) is 8.14. The molecule has 1 amide bonds. The van der Waals surface area contributed by atoms with Crippen molar-refractivity contribution in [2.75, 3.05) is 0 Å². The maximum atomic E-state index is 12.6. The third-order valence-corrected chi connectivity index (χ3v) is 5.71. The van der Waals surface area contributed by atoms with Crippen molar-refractivity contribution in [1.82, 2.24) is 29.4 Å². The highest BCUT2D eigenvalue weighted by Crippen LogP contribution is 2.13. The normalized spacial score (nSPS) is 12.1. The summed E-state index contributed by atoms with van der Waals surface area (Å²) in [5, 5.41) is 6.34. The van der Waals surface area contributed by atoms with E-state index in [9.17, 15) is 9.59 Å². The Morgan fingerprint density at radius 1 is 0.941 bits per heavy atom. The summed E-state index contributed by atoms with van der Waals surface area (Å²) in [7, 11) is 0. The molecule has 170 valence electrons. The van der Waals surface area contributed by atoms with Crippen LogP contribution < -0.4 is 16.2 Å². The number of hydrogen-bond donors (Lipinski definition) is 2. The number of hydrogen-bond acceptors (Lipinski definition) is 5. The molecule has 8 heteroatoms. The SMILES string of the molecule is C[C@@H](NCc1ccc2nc(CNC(=O)c3cc(=O)n4ccccc4n3)cn2c1)c1ccccc1. The van der Waals surface area contributed by atoms with Crippen molar-refractivity contribution < 1.29 is 4.79 Å². The molecule has 0 fully saturated rings. The second kappa shape index (κ2) is 9.29. The number of carbonyl (C=O) groups is 1. The van der Waals surface area contributed by atoms with E-state index < -0.39 is 5.91 Å². The van der Waals surface area contributed by atoms with Crippen LogP contribution >= 0.6 is 0 Å². The van der Waals surface area contributed by atoms with Crippen LogP contribution in [0.25, 0.3) is 11.3 Å². The van der Waals surface area contributed by atoms with Gasteiger partial charge in [0.2, 0.25) is 0 Å². The van der Waals surface area contributed by atoms with Gasteiger partial charge in [-0.15, -0.1) is 0 Å². The van der Waals surface area contributed by atoms with Crippen molar-refractivity contribution in [1.29, 1.82) is 0 Å². The van der Waals surface area contributed by atoms with Crippen LogP contribution in [0.5, 0.6) is 0 Å². The Morgan fingerprint density at radius 2 is 1.76 bits per heavy atom. The van der Waals surface area contributed by atoms with Crippen molar-refractivity contribution in [3.05, 3.63) is 118 Å². The summed E-state index contributed by atoms with van der Waals surface area (Å²) >= 11 is 0. The quantitative estimate of drug-likeness (QED) is 0.396. The molecule has 0 radical (unpaired) electrons. The molecule has 0 saturated carbocycles. The molecule has 4 heterocycles. The van der Waals surface area contributed by atoms with Crippen LogP contribution in [-0.2, 0) is 13.1 Å². The fourth-order valence-electron chi connectivity index (χ4n) is 3.84. The zero-order chi connectivity index (χ0) is 23.5. The number of fused-ring (bicyclic) bond motifs is 2. The van der Waals surface area contributed by atoms with Crippen LogP contribution in [0.4, 0.5) is 0 Å². The number of imidazole rings is 1. The van der Waals surface area contributed by atoms with Crippen molar-refractivity contribution in [3.63, 3.8) is 0 Å². The molecule has 8 nitrogen and oxygen atoms in total. The fraction of sp³-hybridized carbons (Fsp3) is 0.154. The van der Waals surface area contributed by atoms with Gasteiger partial charge in [0.1, 0.15) is 17.0 Å². The minimum atomic E-state index is -0.416. The van der Waals surface area contributed by atoms with Crippen LogP contribution in [0.15, 0.2) is 90.1 Å². The first-order valence-electron chi connectivity index (χ1n) is 11.1. The number of nitrogens with one attached hydrogen (secondary N) is 2. The van der Waals surface area contributed by atoms with Crippen LogP contribution in [0.3, 0.4) is 0 Å². The van der Waals surface area contributed by atoms with Gasteiger partial charge < -0.3 is 15.0 Å². The van der Waals surface area contributed by atoms with Gasteiger partial charge in [-0.3, -0.25) is 14.0 Å². The Bertz CT molecular complexity index is 1520. The van der Waals surface area contributed by atoms with Crippen molar-refractivity contribution >= 4 is 17.2 Å². The van der Waals surface area contributed by atoms with Gasteiger partial charge in [0.05, 0.1) is 12.2 Å². The number of carbonyl (C=O) groups excluding carboxylic acids is 1. The maximum absolute atomic E-state index is 12.6. The van der Waals surface area contributed by atoms with E-state index in [0.717, 1.165) is 17.8 Å². The molecule has 4 aromatic heterocycles. The Morgan fingerprint density at radius 3 is 2.62 bits per heavy atom. The molecule has 0 saturated heterocycles. The van der Waals surface area contributed by atoms with Crippen molar-refractivity contribution in [2.45, 2.75) is 26.1 Å². The van der Waals surface area contributed by atoms with Crippen LogP contribution in [0, 0.1) is 0 Å². The number of amides is 1. The maximum Gasteiger partial charge on any atom is 0.270 e. The van der Waals surface area contributed by atoms with E-state index in [1.165, 1.54) is 16.0 Å². The van der Waals surface area contributed by atoms with Crippen LogP contribution in [0.1, 0.15) is 40.3 Å². The van der Waals surface area contributed by atoms with E-state index in [1.54, 1.807) is 24.4 Å². The number of rotatable bonds is 7. The van der Waals surface area contributed by atoms with Gasteiger partial charge in [0.15, 0.2) is 0 Å². The molecule has 5 aromatic rings. The Hall–Kier alpha value is -4.30. The summed E-state index contributed by atoms with van der Waals surface area (Å²) in [5.41, 5.74) is 4.10. The minimum absolute atomic E-state index is 0.0841. The molecule has 0 bridgehead atoms. The highest BCUT2D eigenvalue weighted by atomic mass is 16.2. The third-order valence-electron chi connectivity index (χ3n) is 5.71. The Labute approximate surface area is 195 Å². The summed E-state index contributed by atoms with van der Waals surface area (Å²) in [6.07, 6.45) is 5.54. The third kappa shape index (κ3) is 4.57. The Kier molecular flexibility index (Phi) is 5.88. The van der Waals surface area contributed by atoms with Crippen LogP contribution in [-0.4, -0.2) is 24.7 Å². The summed E-state index contributed by atoms with van der Waals surface area (Å²) in [4.78, 5) is 33.7. The van der Waals surface area contributed by atoms with Gasteiger partial charge in [0.25, 0.3) is 11.5 Å². The molecule has 2 N–H and O–H groups in total. The van der Waals surface area contributed by atoms with Gasteiger partial charge in [-0.05, 0) is 36.2 Å². The predicted molar refractivity (Wildman–Crippen MR) is 130 cm³/mol. The zero-order valence-electron chi connectivity index (χ0n) is 18.7. The lowest BCUT2D eigenvalue weighted by atomic mass is 10.1. The summed E-state index contributed by atoms with van der Waals surface area (Å²) in [6, 6.07) is 21.0. The molecule has 1 aromatic carbocycles. The highest BCUT2D eigenvalue weighted by molar-refractivity contribution is 5.92. The van der Waals surface area contributed by atoms with E-state index in [4.69, 9.17) is 0 Å². The van der Waals surface area contributed by atoms with E-state index in [1.807, 2.05) is 47.1 Å². The summed E-state index contributed by atoms with van der Waals surface area (Å²) in [5.74, 6) is -0.416. The van der Waals surface area contributed by atoms with Gasteiger partial charge in [-0.1, -0.05) is 42.5 Å². The largest absolute Gasteiger partial charge is 0.345 e. The first-order valence-corrected chi connectivity index (χ1v) is 11.1. The van der Waals surface area contributed by atoms with Gasteiger partial charge in [-0.25, -0.2) is 9.97 Å². The highest BCUT2D eigenvalue weighted by Gasteiger charge is 2.12. The van der Waals surface area contributed by atoms with Gasteiger partial charge >= 0.3 is 0 Å². The summed E-state index contributed by atoms with van der Waals surface area (Å²) < 4.78 is 3.35. The van der Waals surface area contributed by atoms with E-state index >= 15 is 0 Å². The molecule has 1 atom stereocenters. The number of nitrogens with zero attached hydrogens (tertiary/aromatic N) is 4. The minimum Gasteiger partial charge on any atom is -0.345 e. The molecule has 0 aliphatic carbocycles. The average molecular weight is 453 g/mol. The monoisotopic (exact) mass is 452 g/mol. The molecule has 5 rings (SSSR count). The second-order valence-corrected chi connectivity index (χ2v) is 8.14. The molecule has 0 aliphatic rings. The van der Waals surface area contributed by atoms with E-state index in [2.05, 4.69) is 39.7 Å². The van der Waals surface area contributed by atoms with Gasteiger partial charge in [0, 0.05) is 37.2 Å². The molecule has 34 heavy (non-hydrogen) atoms. The van der Waals surface area contributed by atoms with E-state index in [0.29, 0.717) is 11.3 Å². The number of aromatic nitrogens is 4. The fourth-order valence-corrected chi connectivity index (χ4v) is 3.84. The molecular weight excluding hydrogens is 428 g/mol. The van der Waals surface area contributed by atoms with Gasteiger partial charge in [-0.2, -0.15) is 0 Å². The van der Waals surface area contributed by atoms with Crippen molar-refractivity contribution in [3.8, 4) is 0 Å². The lowest BCUT2D eigenvalue weighted by molar-refractivity contribution is 0.0945. The van der Waals surface area contributed by atoms with E-state index in [-0.39, 0.29) is 23.8 Å². The lowest BCUT2D eigenvalue weighted by Crippen LogP contribution is -2.27. The first kappa shape index (κ1) is 21.5. The molecule has 0 spiro atoms. The zero-order valence-corrected chi connectivity index (χ0v) is 18.7. The standard InChI is InChI=1S/C26H24N6O2/c1-18(20-7-3-2-4-8-20)27-14-19-10-11-23-29-21(17-31(23)16-19)15-28-26(34)22-13-25(33)32-12-6-5-9-24(32)30-22/h2-13,16-18,27H,14-15H2,1H3,(H,28,34)/t18-/m1/s1. The Balaban J connectivity index is 1.24. The predicted octanol–water partition coefficient (Wildman–Crippen LogP) is 3.12. The number of pyridine rings is 2.